The van der Waals surface area contributed by atoms with Gasteiger partial charge < -0.3 is 14.6 Å². The summed E-state index contributed by atoms with van der Waals surface area (Å²) in [5, 5.41) is 0. The van der Waals surface area contributed by atoms with Crippen LogP contribution in [-0.4, -0.2) is 41.9 Å². The quantitative estimate of drug-likeness (QED) is 0.383. The molecule has 1 unspecified atom stereocenters. The first-order chi connectivity index (χ1) is 18.1. The Labute approximate surface area is 212 Å². The number of fused-ring (bicyclic) bond motifs is 1. The van der Waals surface area contributed by atoms with Crippen LogP contribution in [0.25, 0.3) is 28.4 Å². The minimum Gasteiger partial charge on any atom is -0.455 e. The van der Waals surface area contributed by atoms with Crippen LogP contribution in [-0.2, 0) is 4.79 Å². The van der Waals surface area contributed by atoms with Crippen molar-refractivity contribution in [2.24, 2.45) is 0 Å². The van der Waals surface area contributed by atoms with Gasteiger partial charge >= 0.3 is 0 Å². The number of rotatable bonds is 5. The number of aromatic nitrogens is 5. The molecule has 5 heterocycles. The Morgan fingerprint density at radius 1 is 1.08 bits per heavy atom. The van der Waals surface area contributed by atoms with E-state index in [9.17, 15) is 9.59 Å². The molecular formula is C28H24N6O3. The summed E-state index contributed by atoms with van der Waals surface area (Å²) in [4.78, 5) is 43.3. The molecule has 1 saturated heterocycles. The monoisotopic (exact) mass is 492 g/mol. The second-order valence-corrected chi connectivity index (χ2v) is 8.94. The molecule has 184 valence electrons. The van der Waals surface area contributed by atoms with Gasteiger partial charge in [-0.2, -0.15) is 0 Å². The van der Waals surface area contributed by atoms with Gasteiger partial charge in [-0.3, -0.25) is 19.1 Å². The number of benzene rings is 1. The smallest absolute Gasteiger partial charge is 0.256 e. The van der Waals surface area contributed by atoms with E-state index >= 15 is 0 Å². The lowest BCUT2D eigenvalue weighted by molar-refractivity contribution is -0.129. The van der Waals surface area contributed by atoms with Crippen molar-refractivity contribution in [3.8, 4) is 28.8 Å². The normalized spacial score (nSPS) is 15.3. The number of hydrogen-bond acceptors (Lipinski definition) is 6. The van der Waals surface area contributed by atoms with E-state index in [4.69, 9.17) is 9.72 Å². The van der Waals surface area contributed by atoms with Gasteiger partial charge in [-0.15, -0.1) is 0 Å². The number of likely N-dealkylation sites (tertiary alicyclic amines) is 1. The lowest BCUT2D eigenvalue weighted by Crippen LogP contribution is -2.28. The van der Waals surface area contributed by atoms with Crippen molar-refractivity contribution >= 4 is 16.9 Å². The molecule has 5 aromatic rings. The second kappa shape index (κ2) is 9.34. The molecule has 37 heavy (non-hydrogen) atoms. The fraction of sp³-hybridized carbons (Fsp3) is 0.179. The fourth-order valence-corrected chi connectivity index (χ4v) is 4.81. The first-order valence-corrected chi connectivity index (χ1v) is 12.1. The standard InChI is InChI=1S/C28H24N6O3/c1-18(35)33-14-6-8-24(33)20-15-22-23(32-28(31-22)21-7-2-4-12-29-21)16-25(20)37-19-10-11-26(30-17-19)34-13-5-3-9-27(34)36/h2-5,7,9-13,15-17,24H,6,8,14H2,1H3,(H,31,32). The highest BCUT2D eigenvalue weighted by molar-refractivity contribution is 5.82. The molecule has 1 fully saturated rings. The minimum atomic E-state index is -0.163. The average Bonchev–Trinajstić information content (AvgIpc) is 3.57. The molecule has 6 rings (SSSR count). The van der Waals surface area contributed by atoms with Gasteiger partial charge in [0.15, 0.2) is 5.82 Å². The number of hydrogen-bond donors (Lipinski definition) is 1. The molecule has 1 N–H and O–H groups in total. The summed E-state index contributed by atoms with van der Waals surface area (Å²) in [5.41, 5.74) is 3.05. The van der Waals surface area contributed by atoms with E-state index in [0.717, 1.165) is 35.1 Å². The zero-order valence-corrected chi connectivity index (χ0v) is 20.2. The number of carbonyl (C=O) groups excluding carboxylic acids is 1. The molecule has 1 aliphatic heterocycles. The molecule has 1 amide bonds. The number of ether oxygens (including phenoxy) is 1. The largest absolute Gasteiger partial charge is 0.455 e. The predicted octanol–water partition coefficient (Wildman–Crippen LogP) is 4.65. The molecule has 0 aliphatic carbocycles. The summed E-state index contributed by atoms with van der Waals surface area (Å²) in [6.07, 6.45) is 6.75. The molecule has 1 aromatic carbocycles. The first-order valence-electron chi connectivity index (χ1n) is 12.1. The van der Waals surface area contributed by atoms with Crippen LogP contribution in [0.15, 0.2) is 84.0 Å². The van der Waals surface area contributed by atoms with Crippen molar-refractivity contribution in [3.63, 3.8) is 0 Å². The van der Waals surface area contributed by atoms with Gasteiger partial charge in [0.2, 0.25) is 5.91 Å². The molecular weight excluding hydrogens is 468 g/mol. The maximum atomic E-state index is 12.4. The zero-order chi connectivity index (χ0) is 25.4. The van der Waals surface area contributed by atoms with Crippen LogP contribution in [0.5, 0.6) is 11.5 Å². The Morgan fingerprint density at radius 3 is 2.73 bits per heavy atom. The molecule has 9 nitrogen and oxygen atoms in total. The number of nitrogens with zero attached hydrogens (tertiary/aromatic N) is 5. The summed E-state index contributed by atoms with van der Waals surface area (Å²) in [5.74, 6) is 2.32. The van der Waals surface area contributed by atoms with E-state index in [0.29, 0.717) is 29.7 Å². The maximum absolute atomic E-state index is 12.4. The number of imidazole rings is 1. The number of H-pyrrole nitrogens is 1. The van der Waals surface area contributed by atoms with E-state index in [1.54, 1.807) is 49.8 Å². The highest BCUT2D eigenvalue weighted by Crippen LogP contribution is 2.41. The average molecular weight is 493 g/mol. The highest BCUT2D eigenvalue weighted by Gasteiger charge is 2.31. The fourth-order valence-electron chi connectivity index (χ4n) is 4.81. The van der Waals surface area contributed by atoms with Gasteiger partial charge in [0.05, 0.1) is 23.3 Å². The number of carbonyl (C=O) groups is 1. The molecule has 0 bridgehead atoms. The van der Waals surface area contributed by atoms with Crippen LogP contribution in [0.3, 0.4) is 0 Å². The number of pyridine rings is 3. The summed E-state index contributed by atoms with van der Waals surface area (Å²) < 4.78 is 7.80. The number of aromatic amines is 1. The Morgan fingerprint density at radius 2 is 1.97 bits per heavy atom. The lowest BCUT2D eigenvalue weighted by atomic mass is 10.0. The Hall–Kier alpha value is -4.79. The zero-order valence-electron chi connectivity index (χ0n) is 20.2. The Kier molecular flexibility index (Phi) is 5.72. The van der Waals surface area contributed by atoms with Crippen molar-refractivity contribution in [3.05, 3.63) is 95.2 Å². The van der Waals surface area contributed by atoms with Gasteiger partial charge in [-0.05, 0) is 49.2 Å². The second-order valence-electron chi connectivity index (χ2n) is 8.94. The molecule has 0 radical (unpaired) electrons. The third-order valence-electron chi connectivity index (χ3n) is 6.56. The summed E-state index contributed by atoms with van der Waals surface area (Å²) in [7, 11) is 0. The van der Waals surface area contributed by atoms with E-state index in [2.05, 4.69) is 15.0 Å². The van der Waals surface area contributed by atoms with Crippen LogP contribution in [0.2, 0.25) is 0 Å². The van der Waals surface area contributed by atoms with E-state index in [1.165, 1.54) is 10.6 Å². The molecule has 0 spiro atoms. The van der Waals surface area contributed by atoms with E-state index < -0.39 is 0 Å². The van der Waals surface area contributed by atoms with Crippen LogP contribution in [0, 0.1) is 0 Å². The van der Waals surface area contributed by atoms with Gasteiger partial charge in [0, 0.05) is 43.6 Å². The van der Waals surface area contributed by atoms with Crippen LogP contribution in [0.1, 0.15) is 31.4 Å². The van der Waals surface area contributed by atoms with Gasteiger partial charge in [-0.25, -0.2) is 9.97 Å². The molecule has 9 heteroatoms. The molecule has 1 atom stereocenters. The van der Waals surface area contributed by atoms with Crippen molar-refractivity contribution in [2.75, 3.05) is 6.54 Å². The number of nitrogens with one attached hydrogen (secondary N) is 1. The van der Waals surface area contributed by atoms with Crippen LogP contribution >= 0.6 is 0 Å². The molecule has 1 aliphatic rings. The highest BCUT2D eigenvalue weighted by atomic mass is 16.5. The van der Waals surface area contributed by atoms with E-state index in [1.807, 2.05) is 35.2 Å². The predicted molar refractivity (Wildman–Crippen MR) is 139 cm³/mol. The van der Waals surface area contributed by atoms with Crippen LogP contribution < -0.4 is 10.3 Å². The Balaban J connectivity index is 1.40. The van der Waals surface area contributed by atoms with Crippen LogP contribution in [0.4, 0.5) is 0 Å². The molecule has 4 aromatic heterocycles. The minimum absolute atomic E-state index is 0.0339. The molecule has 0 saturated carbocycles. The Bertz CT molecular complexity index is 1640. The third-order valence-corrected chi connectivity index (χ3v) is 6.56. The van der Waals surface area contributed by atoms with Crippen molar-refractivity contribution in [2.45, 2.75) is 25.8 Å². The maximum Gasteiger partial charge on any atom is 0.256 e. The SMILES string of the molecule is CC(=O)N1CCCC1c1cc2[nH]c(-c3ccccn3)nc2cc1Oc1ccc(-n2ccccc2=O)nc1. The lowest BCUT2D eigenvalue weighted by Gasteiger charge is -2.25. The number of amides is 1. The first kappa shape index (κ1) is 22.7. The van der Waals surface area contributed by atoms with Crippen molar-refractivity contribution < 1.29 is 9.53 Å². The van der Waals surface area contributed by atoms with Gasteiger partial charge in [0.1, 0.15) is 23.0 Å². The van der Waals surface area contributed by atoms with Crippen molar-refractivity contribution in [1.29, 1.82) is 0 Å². The van der Waals surface area contributed by atoms with Gasteiger partial charge in [-0.1, -0.05) is 12.1 Å². The summed E-state index contributed by atoms with van der Waals surface area (Å²) >= 11 is 0. The summed E-state index contributed by atoms with van der Waals surface area (Å²) in [6.45, 7) is 2.31. The summed E-state index contributed by atoms with van der Waals surface area (Å²) in [6, 6.07) is 17.9. The topological polar surface area (TPSA) is 106 Å². The van der Waals surface area contributed by atoms with Crippen molar-refractivity contribution in [1.82, 2.24) is 29.4 Å². The third kappa shape index (κ3) is 4.35. The van der Waals surface area contributed by atoms with Gasteiger partial charge in [0.25, 0.3) is 5.56 Å². The van der Waals surface area contributed by atoms with E-state index in [-0.39, 0.29) is 17.5 Å².